The van der Waals surface area contributed by atoms with Crippen molar-refractivity contribution in [2.45, 2.75) is 242 Å². The summed E-state index contributed by atoms with van der Waals surface area (Å²) in [6, 6.07) is -0.326. The second-order valence-corrected chi connectivity index (χ2v) is 36.7. The first-order chi connectivity index (χ1) is 60.2. The lowest BCUT2D eigenvalue weighted by Crippen LogP contribution is -2.63. The molecule has 8 aliphatic rings. The SMILES string of the molecule is CC(C)c1ccc(NC(=O)N[C@@H](Cc2cc(F)cc(F)c2)C(=O)N[C@@H]2C(=O)N3C[C@H](OP(=O)(O)O)C[C@H]3C(=O)N3CCCC[C@H]3C(=O)N[C@@H](C)C(=O)N3C[C@H](C)C[C@H]3C(=O)O[C@H]2C)cc1.Cc1cccc(NC(=O)N[C@@H](Cc2cc(F)cc(F)c2)C(=O)N[C@@H]2C(=O)N3C[C@H](OP(=O)(O)O)C[C@H]3C(=O)N3CCCC[C@H]3C(=O)N[C@@H](C)C(=O)N3C[C@H](C)C[C@H]3C(=O)O[C@H]2C)c1. The molecule has 0 radical (unpaired) electrons. The highest BCUT2D eigenvalue weighted by atomic mass is 31.2. The number of ether oxygens (including phenoxy) is 2. The lowest BCUT2D eigenvalue weighted by Gasteiger charge is -2.39. The summed E-state index contributed by atoms with van der Waals surface area (Å²) in [5, 5.41) is 20.5. The number of nitrogens with one attached hydrogen (secondary N) is 8. The molecule has 4 aromatic carbocycles. The average Bonchev–Trinajstić information content (AvgIpc) is 1.60. The van der Waals surface area contributed by atoms with Gasteiger partial charge in [0.1, 0.15) is 108 Å². The van der Waals surface area contributed by atoms with Gasteiger partial charge in [-0.1, -0.05) is 52.0 Å². The molecule has 12 rings (SSSR count). The third-order valence-electron chi connectivity index (χ3n) is 23.8. The van der Waals surface area contributed by atoms with E-state index in [0.29, 0.717) is 49.2 Å². The van der Waals surface area contributed by atoms with Gasteiger partial charge >= 0.3 is 39.6 Å². The number of benzene rings is 4. The molecule has 0 aliphatic carbocycles. The van der Waals surface area contributed by atoms with Crippen LogP contribution in [0.4, 0.5) is 38.5 Å². The number of phosphoric acid groups is 2. The fourth-order valence-corrected chi connectivity index (χ4v) is 18.7. The average molecular weight is 1840 g/mol. The van der Waals surface area contributed by atoms with Gasteiger partial charge in [-0.25, -0.2) is 45.9 Å². The summed E-state index contributed by atoms with van der Waals surface area (Å²) in [6.45, 7) is 13.9. The Morgan fingerprint density at radius 1 is 0.469 bits per heavy atom. The Bertz CT molecular complexity index is 4950. The van der Waals surface area contributed by atoms with Crippen LogP contribution in [0, 0.1) is 42.0 Å². The van der Waals surface area contributed by atoms with E-state index in [1.165, 1.54) is 47.3 Å². The van der Waals surface area contributed by atoms with Gasteiger partial charge in [-0.15, -0.1) is 0 Å². The summed E-state index contributed by atoms with van der Waals surface area (Å²) >= 11 is 0. The molecule has 8 saturated heterocycles. The molecule has 8 fully saturated rings. The van der Waals surface area contributed by atoms with Crippen LogP contribution in [0.2, 0.25) is 0 Å². The molecular weight excluding hydrogens is 1730 g/mol. The smallest absolute Gasteiger partial charge is 0.458 e. The van der Waals surface area contributed by atoms with Gasteiger partial charge < -0.3 is 101 Å². The summed E-state index contributed by atoms with van der Waals surface area (Å²) in [7, 11) is -10.4. The lowest BCUT2D eigenvalue weighted by atomic mass is 9.98. The van der Waals surface area contributed by atoms with Gasteiger partial charge in [0.2, 0.25) is 59.1 Å². The number of halogens is 4. The van der Waals surface area contributed by atoms with Crippen LogP contribution in [-0.2, 0) is 98.0 Å². The Morgan fingerprint density at radius 2 is 0.852 bits per heavy atom. The van der Waals surface area contributed by atoms with Crippen LogP contribution in [0.25, 0.3) is 0 Å². The monoisotopic (exact) mass is 1830 g/mol. The molecule has 14 amide bonds. The number of piperidine rings is 2. The Hall–Kier alpha value is -11.0. The van der Waals surface area contributed by atoms with Crippen LogP contribution in [0.1, 0.15) is 148 Å². The highest BCUT2D eigenvalue weighted by Gasteiger charge is 2.54. The first-order valence-corrected chi connectivity index (χ1v) is 45.5. The van der Waals surface area contributed by atoms with Crippen molar-refractivity contribution in [1.82, 2.24) is 61.3 Å². The van der Waals surface area contributed by atoms with Crippen molar-refractivity contribution in [2.24, 2.45) is 11.8 Å². The zero-order valence-corrected chi connectivity index (χ0v) is 73.6. The first-order valence-electron chi connectivity index (χ1n) is 42.4. The molecule has 128 heavy (non-hydrogen) atoms. The van der Waals surface area contributed by atoms with Crippen molar-refractivity contribution >= 4 is 110 Å². The van der Waals surface area contributed by atoms with Crippen molar-refractivity contribution in [3.8, 4) is 0 Å². The molecule has 8 heterocycles. The number of hydrogen-bond donors (Lipinski definition) is 12. The molecule has 696 valence electrons. The van der Waals surface area contributed by atoms with Crippen LogP contribution < -0.4 is 42.5 Å². The molecule has 44 heteroatoms. The van der Waals surface area contributed by atoms with Gasteiger partial charge in [0.05, 0.1) is 12.2 Å². The van der Waals surface area contributed by atoms with E-state index in [0.717, 1.165) is 45.2 Å². The summed E-state index contributed by atoms with van der Waals surface area (Å²) in [5.74, 6) is -14.5. The van der Waals surface area contributed by atoms with E-state index in [9.17, 15) is 113 Å². The fraction of sp³-hybridized carbons (Fsp3) is 0.548. The number of urea groups is 2. The maximum Gasteiger partial charge on any atom is 0.469 e. The van der Waals surface area contributed by atoms with Gasteiger partial charge in [-0.2, -0.15) is 0 Å². The fourth-order valence-electron chi connectivity index (χ4n) is 17.6. The predicted octanol–water partition coefficient (Wildman–Crippen LogP) is 4.09. The number of carbonyl (C=O) groups excluding carboxylic acids is 14. The van der Waals surface area contributed by atoms with E-state index < -0.39 is 258 Å². The van der Waals surface area contributed by atoms with Crippen molar-refractivity contribution in [3.05, 3.63) is 130 Å². The van der Waals surface area contributed by atoms with Gasteiger partial charge in [-0.3, -0.25) is 57.0 Å². The topological polar surface area (TPSA) is 507 Å². The normalized spacial score (nSPS) is 27.5. The Balaban J connectivity index is 0.000000248. The molecule has 0 spiro atoms. The van der Waals surface area contributed by atoms with E-state index in [4.69, 9.17) is 18.5 Å². The minimum atomic E-state index is -5.21. The molecule has 0 aromatic heterocycles. The molecular formula is C84H108F4N14O24P2. The molecule has 4 aromatic rings. The summed E-state index contributed by atoms with van der Waals surface area (Å²) < 4.78 is 103. The van der Waals surface area contributed by atoms with Crippen LogP contribution in [0.15, 0.2) is 84.9 Å². The van der Waals surface area contributed by atoms with Crippen molar-refractivity contribution < 1.29 is 132 Å². The first kappa shape index (κ1) is 97.6. The number of aryl methyl sites for hydroxylation is 1. The molecule has 12 N–H and O–H groups in total. The second kappa shape index (κ2) is 41.6. The highest BCUT2D eigenvalue weighted by Crippen LogP contribution is 2.44. The van der Waals surface area contributed by atoms with Crippen molar-refractivity contribution in [2.75, 3.05) is 49.9 Å². The summed E-state index contributed by atoms with van der Waals surface area (Å²) in [4.78, 5) is 244. The number of anilines is 2. The van der Waals surface area contributed by atoms with E-state index in [2.05, 4.69) is 42.5 Å². The molecule has 0 saturated carbocycles. The summed E-state index contributed by atoms with van der Waals surface area (Å²) in [5.41, 5.74) is 2.32. The van der Waals surface area contributed by atoms with Gasteiger partial charge in [0.15, 0.2) is 0 Å². The van der Waals surface area contributed by atoms with E-state index >= 15 is 0 Å². The minimum absolute atomic E-state index is 0.0552. The quantitative estimate of drug-likeness (QED) is 0.0402. The Labute approximate surface area is 734 Å². The molecule has 38 nitrogen and oxygen atoms in total. The lowest BCUT2D eigenvalue weighted by molar-refractivity contribution is -0.163. The number of nitrogens with zero attached hydrogens (tertiary/aromatic N) is 6. The van der Waals surface area contributed by atoms with Crippen molar-refractivity contribution in [1.29, 1.82) is 0 Å². The number of rotatable bonds is 17. The molecule has 0 bridgehead atoms. The predicted molar refractivity (Wildman–Crippen MR) is 445 cm³/mol. The van der Waals surface area contributed by atoms with Gasteiger partial charge in [0, 0.05) is 88.5 Å². The standard InChI is InChI=1S/C43H56F2N7O12P.C41H52F2N7O12P/c1-22(2)27-9-11-30(12-10-27)47-43(59)48-32(17-26-15-28(44)18-29(45)16-26)37(53)49-36-25(5)63-42(58)35-14-23(3)20-51(35)39(55)24(4)46-38(54)33-8-6-7-13-50(33)40(56)34-19-31(64-65(60,61)62)21-52(34)41(36)57;1-21-8-7-9-28(12-21)45-41(57)46-30(16-25-14-26(42)17-27(43)15-25)35(51)47-34-24(4)61-40(56)33-13-22(2)19-49(33)37(53)23(3)44-36(52)31-10-5-6-11-48(31)38(54)32-18-29(62-63(58,59)60)20-50(32)39(34)55/h9-12,15-16,18,22-25,31-36H,6-8,13-14,17,19-21H2,1-5H3,(H,46,54)(H,49,53)(H2,47,48,59)(H2,60,61,62);7-9,12,14-15,17,22-24,29-34H,5-6,10-11,13,16,18-20H2,1-4H3,(H,44,52)(H,47,51)(H2,45,46,57)(H2,58,59,60)/t23-,24+,25+,31-,32+,33+,34+,35+,36+;22-,23+,24+,29-,30+,31+,32+,33+,34+/m11/s1. The number of hydrogen-bond acceptors (Lipinski definition) is 20. The zero-order valence-electron chi connectivity index (χ0n) is 71.8. The Kier molecular flexibility index (Phi) is 31.7. The number of fused-ring (bicyclic) bond motifs is 6. The van der Waals surface area contributed by atoms with Crippen molar-refractivity contribution in [3.63, 3.8) is 0 Å². The van der Waals surface area contributed by atoms with E-state index in [1.807, 2.05) is 13.8 Å². The van der Waals surface area contributed by atoms with E-state index in [-0.39, 0.29) is 80.7 Å². The number of carbonyl (C=O) groups is 14. The minimum Gasteiger partial charge on any atom is -0.458 e. The maximum atomic E-state index is 15.0. The van der Waals surface area contributed by atoms with Crippen LogP contribution in [0.5, 0.6) is 0 Å². The third-order valence-corrected chi connectivity index (χ3v) is 24.9. The van der Waals surface area contributed by atoms with Crippen LogP contribution in [0.3, 0.4) is 0 Å². The summed E-state index contributed by atoms with van der Waals surface area (Å²) in [6.07, 6.45) is -5.30. The number of phosphoric ester groups is 2. The molecule has 0 unspecified atom stereocenters. The number of esters is 2. The van der Waals surface area contributed by atoms with Gasteiger partial charge in [0.25, 0.3) is 0 Å². The Morgan fingerprint density at radius 3 is 1.23 bits per heavy atom. The van der Waals surface area contributed by atoms with E-state index in [1.54, 1.807) is 69.3 Å². The second-order valence-electron chi connectivity index (χ2n) is 34.3. The third kappa shape index (κ3) is 24.9. The maximum absolute atomic E-state index is 15.0. The number of amides is 14. The van der Waals surface area contributed by atoms with Crippen LogP contribution in [-0.4, -0.2) is 268 Å². The zero-order chi connectivity index (χ0) is 93.4. The van der Waals surface area contributed by atoms with Gasteiger partial charge in [-0.05, 0) is 175 Å². The molecule has 18 atom stereocenters. The largest absolute Gasteiger partial charge is 0.469 e. The molecule has 8 aliphatic heterocycles. The number of cyclic esters (lactones) is 2. The highest BCUT2D eigenvalue weighted by molar-refractivity contribution is 7.46. The van der Waals surface area contributed by atoms with Crippen LogP contribution >= 0.6 is 15.6 Å².